The lowest BCUT2D eigenvalue weighted by Gasteiger charge is -2.42. The molecule has 6 rings (SSSR count). The number of piperazine rings is 1. The van der Waals surface area contributed by atoms with Gasteiger partial charge in [-0.3, -0.25) is 9.80 Å². The van der Waals surface area contributed by atoms with Crippen LogP contribution in [-0.4, -0.2) is 81.4 Å². The Balaban J connectivity index is 1.34. The first kappa shape index (κ1) is 30.7. The molecule has 0 N–H and O–H groups in total. The third-order valence-corrected chi connectivity index (χ3v) is 10.1. The lowest BCUT2D eigenvalue weighted by molar-refractivity contribution is -0.0480. The first-order valence-corrected chi connectivity index (χ1v) is 15.8. The highest BCUT2D eigenvalue weighted by Gasteiger charge is 2.50. The molecule has 1 amide bonds. The second-order valence-corrected chi connectivity index (χ2v) is 14.4. The highest BCUT2D eigenvalue weighted by Crippen LogP contribution is 2.44. The number of carbonyl (C=O) groups excluding carboxylic acids is 1. The summed E-state index contributed by atoms with van der Waals surface area (Å²) in [4.78, 5) is 26.6. The molecule has 2 bridgehead atoms. The van der Waals surface area contributed by atoms with Gasteiger partial charge in [0.1, 0.15) is 28.9 Å². The smallest absolute Gasteiger partial charge is 0.410 e. The van der Waals surface area contributed by atoms with Gasteiger partial charge in [-0.2, -0.15) is 8.78 Å². The number of alkyl halides is 3. The Kier molecular flexibility index (Phi) is 7.83. The van der Waals surface area contributed by atoms with E-state index < -0.39 is 69.6 Å². The third-order valence-electron chi connectivity index (χ3n) is 9.35. The molecule has 43 heavy (non-hydrogen) atoms. The van der Waals surface area contributed by atoms with Crippen LogP contribution in [0, 0.1) is 17.6 Å². The summed E-state index contributed by atoms with van der Waals surface area (Å²) in [5, 5.41) is -0.0320. The number of ether oxygens (including phenoxy) is 1. The predicted octanol–water partition coefficient (Wildman–Crippen LogP) is 6.95. The number of amides is 1. The zero-order chi connectivity index (χ0) is 31.0. The number of rotatable bonds is 5. The average Bonchev–Trinajstić information content (AvgIpc) is 3.56. The van der Waals surface area contributed by atoms with Crippen molar-refractivity contribution in [3.05, 3.63) is 28.0 Å². The fourth-order valence-electron chi connectivity index (χ4n) is 7.66. The molecule has 13 heteroatoms. The molecule has 0 radical (unpaired) electrons. The van der Waals surface area contributed by atoms with Crippen molar-refractivity contribution in [3.63, 3.8) is 0 Å². The molecular formula is C30H37BrF5N5O2. The van der Waals surface area contributed by atoms with Gasteiger partial charge in [-0.1, -0.05) is 6.92 Å². The number of aromatic nitrogens is 2. The van der Waals surface area contributed by atoms with Crippen molar-refractivity contribution in [2.75, 3.05) is 24.5 Å². The SMILES string of the molecule is C[C@H](CC(F)(F)c1nc(N2CC3CCC(C2)N3C(=O)OC(C)(C)C)c2cc(F)c(Br)c(F)c2n1)C1[C@H](F)CC2CCCN21. The first-order chi connectivity index (χ1) is 20.1. The number of carbonyl (C=O) groups is 1. The maximum absolute atomic E-state index is 16.0. The van der Waals surface area contributed by atoms with Crippen LogP contribution in [0.15, 0.2) is 10.5 Å². The van der Waals surface area contributed by atoms with Crippen molar-refractivity contribution >= 4 is 38.7 Å². The van der Waals surface area contributed by atoms with Gasteiger partial charge in [0, 0.05) is 37.0 Å². The van der Waals surface area contributed by atoms with Crippen LogP contribution in [0.5, 0.6) is 0 Å². The lowest BCUT2D eigenvalue weighted by Crippen LogP contribution is -2.57. The fraction of sp³-hybridized carbons (Fsp3) is 0.700. The van der Waals surface area contributed by atoms with Crippen LogP contribution in [0.3, 0.4) is 0 Å². The standard InChI is InChI=1S/C30H37BrF5N5O2/c1-15(25-21(33)10-16-6-5-9-40(16)25)12-30(35,36)27-37-24-19(11-20(32)22(31)23(24)34)26(38-27)39-13-17-7-8-18(14-39)41(17)28(42)43-29(2,3)4/h11,15-18,21,25H,5-10,12-14H2,1-4H3/t15-,16?,17?,18?,21-,25?/m1/s1. The van der Waals surface area contributed by atoms with Crippen LogP contribution in [0.1, 0.15) is 72.0 Å². The molecule has 236 valence electrons. The van der Waals surface area contributed by atoms with E-state index in [1.807, 2.05) is 4.90 Å². The van der Waals surface area contributed by atoms with E-state index in [1.54, 1.807) is 37.5 Å². The van der Waals surface area contributed by atoms with Crippen molar-refractivity contribution in [3.8, 4) is 0 Å². The summed E-state index contributed by atoms with van der Waals surface area (Å²) < 4.78 is 82.3. The van der Waals surface area contributed by atoms with Gasteiger partial charge >= 0.3 is 12.0 Å². The number of anilines is 1. The summed E-state index contributed by atoms with van der Waals surface area (Å²) in [6.45, 7) is 8.10. The Labute approximate surface area is 256 Å². The highest BCUT2D eigenvalue weighted by atomic mass is 79.9. The normalized spacial score (nSPS) is 28.6. The van der Waals surface area contributed by atoms with Crippen molar-refractivity contribution < 1.29 is 31.5 Å². The van der Waals surface area contributed by atoms with Gasteiger partial charge in [0.25, 0.3) is 0 Å². The monoisotopic (exact) mass is 673 g/mol. The molecule has 4 fully saturated rings. The van der Waals surface area contributed by atoms with Gasteiger partial charge in [-0.15, -0.1) is 0 Å². The molecule has 6 atom stereocenters. The maximum Gasteiger partial charge on any atom is 0.410 e. The summed E-state index contributed by atoms with van der Waals surface area (Å²) >= 11 is 2.87. The number of hydrogen-bond acceptors (Lipinski definition) is 6. The van der Waals surface area contributed by atoms with Crippen molar-refractivity contribution in [1.29, 1.82) is 0 Å². The van der Waals surface area contributed by atoms with Crippen LogP contribution in [0.25, 0.3) is 10.9 Å². The zero-order valence-corrected chi connectivity index (χ0v) is 26.3. The number of halogens is 6. The van der Waals surface area contributed by atoms with Gasteiger partial charge < -0.3 is 9.64 Å². The summed E-state index contributed by atoms with van der Waals surface area (Å²) in [5.74, 6) is -7.22. The van der Waals surface area contributed by atoms with Gasteiger partial charge in [0.2, 0.25) is 5.82 Å². The van der Waals surface area contributed by atoms with Crippen molar-refractivity contribution in [1.82, 2.24) is 19.8 Å². The Hall–Kier alpha value is -2.28. The van der Waals surface area contributed by atoms with E-state index in [9.17, 15) is 13.6 Å². The molecule has 4 aliphatic rings. The molecule has 4 unspecified atom stereocenters. The maximum atomic E-state index is 16.0. The zero-order valence-electron chi connectivity index (χ0n) is 24.7. The van der Waals surface area contributed by atoms with Gasteiger partial charge in [-0.05, 0) is 87.3 Å². The highest BCUT2D eigenvalue weighted by molar-refractivity contribution is 9.10. The lowest BCUT2D eigenvalue weighted by atomic mass is 9.91. The van der Waals surface area contributed by atoms with Crippen LogP contribution in [0.4, 0.5) is 32.6 Å². The molecule has 0 saturated carbocycles. The average molecular weight is 675 g/mol. The van der Waals surface area contributed by atoms with Gasteiger partial charge in [-0.25, -0.2) is 27.9 Å². The molecule has 4 saturated heterocycles. The molecule has 0 spiro atoms. The van der Waals surface area contributed by atoms with E-state index in [2.05, 4.69) is 25.9 Å². The molecule has 4 aliphatic heterocycles. The number of fused-ring (bicyclic) bond motifs is 4. The van der Waals surface area contributed by atoms with Crippen LogP contribution in [-0.2, 0) is 10.7 Å². The van der Waals surface area contributed by atoms with E-state index in [4.69, 9.17) is 4.74 Å². The minimum absolute atomic E-state index is 0.0118. The molecule has 5 heterocycles. The topological polar surface area (TPSA) is 61.8 Å². The Morgan fingerprint density at radius 2 is 1.79 bits per heavy atom. The minimum Gasteiger partial charge on any atom is -0.444 e. The molecule has 1 aromatic carbocycles. The van der Waals surface area contributed by atoms with Crippen LogP contribution < -0.4 is 4.90 Å². The first-order valence-electron chi connectivity index (χ1n) is 15.0. The van der Waals surface area contributed by atoms with E-state index in [0.717, 1.165) is 18.9 Å². The van der Waals surface area contributed by atoms with Gasteiger partial charge in [0.15, 0.2) is 5.82 Å². The third kappa shape index (κ3) is 5.57. The Morgan fingerprint density at radius 1 is 1.12 bits per heavy atom. The molecule has 0 aliphatic carbocycles. The van der Waals surface area contributed by atoms with E-state index in [0.29, 0.717) is 25.8 Å². The van der Waals surface area contributed by atoms with E-state index >= 15 is 13.2 Å². The number of nitrogens with zero attached hydrogens (tertiary/aromatic N) is 5. The van der Waals surface area contributed by atoms with Crippen molar-refractivity contribution in [2.45, 2.75) is 108 Å². The summed E-state index contributed by atoms with van der Waals surface area (Å²) in [7, 11) is 0. The fourth-order valence-corrected chi connectivity index (χ4v) is 7.96. The van der Waals surface area contributed by atoms with Gasteiger partial charge in [0.05, 0.1) is 16.6 Å². The van der Waals surface area contributed by atoms with Crippen LogP contribution in [0.2, 0.25) is 0 Å². The molecule has 7 nitrogen and oxygen atoms in total. The second kappa shape index (κ2) is 11.0. The Bertz CT molecular complexity index is 1410. The second-order valence-electron chi connectivity index (χ2n) is 13.6. The molecule has 2 aromatic rings. The van der Waals surface area contributed by atoms with E-state index in [1.165, 1.54) is 0 Å². The molecule has 1 aromatic heterocycles. The van der Waals surface area contributed by atoms with E-state index in [-0.39, 0.29) is 42.4 Å². The summed E-state index contributed by atoms with van der Waals surface area (Å²) in [6, 6.07) is -0.0787. The largest absolute Gasteiger partial charge is 0.444 e. The predicted molar refractivity (Wildman–Crippen MR) is 155 cm³/mol. The minimum atomic E-state index is -3.61. The number of hydrogen-bond donors (Lipinski definition) is 0. The van der Waals surface area contributed by atoms with Crippen molar-refractivity contribution in [2.24, 2.45) is 5.92 Å². The molecular weight excluding hydrogens is 637 g/mol. The number of benzene rings is 1. The summed E-state index contributed by atoms with van der Waals surface area (Å²) in [6.07, 6.45) is 1.11. The summed E-state index contributed by atoms with van der Waals surface area (Å²) in [5.41, 5.74) is -1.11. The quantitative estimate of drug-likeness (QED) is 0.253. The Morgan fingerprint density at radius 3 is 2.44 bits per heavy atom. The van der Waals surface area contributed by atoms with Crippen LogP contribution >= 0.6 is 15.9 Å².